The molecule has 0 amide bonds. The van der Waals surface area contributed by atoms with E-state index >= 15 is 0 Å². The number of rotatable bonds is 7. The fraction of sp³-hybridized carbons (Fsp3) is 0.467. The Balaban J connectivity index is 1.93. The lowest BCUT2D eigenvalue weighted by molar-refractivity contribution is 0.285. The van der Waals surface area contributed by atoms with E-state index in [1.165, 1.54) is 5.56 Å². The van der Waals surface area contributed by atoms with Crippen molar-refractivity contribution in [1.29, 1.82) is 0 Å². The molecular formula is C15H21N3O2. The van der Waals surface area contributed by atoms with Crippen LogP contribution in [-0.2, 0) is 19.4 Å². The number of hydrogen-bond donors (Lipinski definition) is 1. The SMILES string of the molecule is CCc1nc(COc2cccc(CC(N)CC)c2)no1. The molecule has 5 heteroatoms. The first-order chi connectivity index (χ1) is 9.71. The van der Waals surface area contributed by atoms with Crippen molar-refractivity contribution >= 4 is 0 Å². The van der Waals surface area contributed by atoms with Gasteiger partial charge in [-0.05, 0) is 30.5 Å². The van der Waals surface area contributed by atoms with Gasteiger partial charge in [0.25, 0.3) is 0 Å². The standard InChI is InChI=1S/C15H21N3O2/c1-3-12(16)8-11-6-5-7-13(9-11)19-10-14-17-15(4-2)20-18-14/h5-7,9,12H,3-4,8,10,16H2,1-2H3. The van der Waals surface area contributed by atoms with Crippen molar-refractivity contribution in [3.8, 4) is 5.75 Å². The van der Waals surface area contributed by atoms with Crippen LogP contribution in [0.3, 0.4) is 0 Å². The van der Waals surface area contributed by atoms with Crippen LogP contribution in [0.15, 0.2) is 28.8 Å². The van der Waals surface area contributed by atoms with Gasteiger partial charge in [-0.2, -0.15) is 4.98 Å². The Morgan fingerprint density at radius 1 is 1.35 bits per heavy atom. The third-order valence-electron chi connectivity index (χ3n) is 3.10. The molecule has 0 spiro atoms. The highest BCUT2D eigenvalue weighted by Crippen LogP contribution is 2.16. The quantitative estimate of drug-likeness (QED) is 0.840. The lowest BCUT2D eigenvalue weighted by atomic mass is 10.0. The Morgan fingerprint density at radius 2 is 2.20 bits per heavy atom. The van der Waals surface area contributed by atoms with Crippen LogP contribution in [-0.4, -0.2) is 16.2 Å². The molecule has 108 valence electrons. The number of nitrogens with zero attached hydrogens (tertiary/aromatic N) is 2. The van der Waals surface area contributed by atoms with Crippen LogP contribution in [0.5, 0.6) is 5.75 Å². The van der Waals surface area contributed by atoms with Crippen LogP contribution in [0, 0.1) is 0 Å². The minimum atomic E-state index is 0.189. The van der Waals surface area contributed by atoms with Crippen molar-refractivity contribution in [3.05, 3.63) is 41.5 Å². The van der Waals surface area contributed by atoms with Gasteiger partial charge in [-0.15, -0.1) is 0 Å². The number of aromatic nitrogens is 2. The molecular weight excluding hydrogens is 254 g/mol. The van der Waals surface area contributed by atoms with E-state index in [0.29, 0.717) is 18.3 Å². The van der Waals surface area contributed by atoms with Gasteiger partial charge in [0.1, 0.15) is 5.75 Å². The Hall–Kier alpha value is -1.88. The summed E-state index contributed by atoms with van der Waals surface area (Å²) in [5.74, 6) is 2.00. The molecule has 1 atom stereocenters. The number of hydrogen-bond acceptors (Lipinski definition) is 5. The molecule has 0 aliphatic rings. The maximum Gasteiger partial charge on any atom is 0.226 e. The molecule has 1 aromatic heterocycles. The van der Waals surface area contributed by atoms with E-state index in [4.69, 9.17) is 15.0 Å². The molecule has 0 bridgehead atoms. The molecule has 2 aromatic rings. The first-order valence-corrected chi connectivity index (χ1v) is 7.00. The smallest absolute Gasteiger partial charge is 0.226 e. The zero-order valence-electron chi connectivity index (χ0n) is 12.0. The zero-order valence-corrected chi connectivity index (χ0v) is 12.0. The largest absolute Gasteiger partial charge is 0.485 e. The Labute approximate surface area is 119 Å². The summed E-state index contributed by atoms with van der Waals surface area (Å²) in [7, 11) is 0. The van der Waals surface area contributed by atoms with Crippen LogP contribution >= 0.6 is 0 Å². The summed E-state index contributed by atoms with van der Waals surface area (Å²) in [5.41, 5.74) is 7.14. The van der Waals surface area contributed by atoms with Crippen molar-refractivity contribution < 1.29 is 9.26 Å². The van der Waals surface area contributed by atoms with Gasteiger partial charge in [0.05, 0.1) is 0 Å². The van der Waals surface area contributed by atoms with Gasteiger partial charge < -0.3 is 15.0 Å². The van der Waals surface area contributed by atoms with Gasteiger partial charge in [0.15, 0.2) is 6.61 Å². The van der Waals surface area contributed by atoms with Crippen molar-refractivity contribution in [3.63, 3.8) is 0 Å². The van der Waals surface area contributed by atoms with E-state index in [2.05, 4.69) is 23.1 Å². The average Bonchev–Trinajstić information content (AvgIpc) is 2.93. The van der Waals surface area contributed by atoms with Crippen LogP contribution in [0.1, 0.15) is 37.5 Å². The van der Waals surface area contributed by atoms with Gasteiger partial charge in [-0.3, -0.25) is 0 Å². The lowest BCUT2D eigenvalue weighted by Gasteiger charge is -2.10. The highest BCUT2D eigenvalue weighted by Gasteiger charge is 2.06. The molecule has 1 heterocycles. The number of aryl methyl sites for hydroxylation is 1. The first kappa shape index (κ1) is 14.5. The third-order valence-corrected chi connectivity index (χ3v) is 3.10. The van der Waals surface area contributed by atoms with E-state index in [0.717, 1.165) is 25.0 Å². The molecule has 1 unspecified atom stereocenters. The van der Waals surface area contributed by atoms with Crippen molar-refractivity contribution in [2.24, 2.45) is 5.73 Å². The first-order valence-electron chi connectivity index (χ1n) is 7.00. The van der Waals surface area contributed by atoms with Gasteiger partial charge in [-0.25, -0.2) is 0 Å². The van der Waals surface area contributed by atoms with E-state index in [-0.39, 0.29) is 6.04 Å². The van der Waals surface area contributed by atoms with E-state index in [9.17, 15) is 0 Å². The zero-order chi connectivity index (χ0) is 14.4. The predicted octanol–water partition coefficient (Wildman–Crippen LogP) is 2.49. The molecule has 0 saturated heterocycles. The van der Waals surface area contributed by atoms with Crippen molar-refractivity contribution in [2.45, 2.75) is 45.8 Å². The molecule has 20 heavy (non-hydrogen) atoms. The molecule has 1 aromatic carbocycles. The van der Waals surface area contributed by atoms with Crippen LogP contribution in [0.2, 0.25) is 0 Å². The van der Waals surface area contributed by atoms with Crippen molar-refractivity contribution in [1.82, 2.24) is 10.1 Å². The third kappa shape index (κ3) is 4.06. The minimum Gasteiger partial charge on any atom is -0.485 e. The molecule has 0 saturated carbocycles. The summed E-state index contributed by atoms with van der Waals surface area (Å²) in [6.45, 7) is 4.37. The number of benzene rings is 1. The van der Waals surface area contributed by atoms with Crippen molar-refractivity contribution in [2.75, 3.05) is 0 Å². The summed E-state index contributed by atoms with van der Waals surface area (Å²) < 4.78 is 10.7. The molecule has 2 rings (SSSR count). The predicted molar refractivity (Wildman–Crippen MR) is 76.4 cm³/mol. The monoisotopic (exact) mass is 275 g/mol. The van der Waals surface area contributed by atoms with Crippen LogP contribution in [0.4, 0.5) is 0 Å². The fourth-order valence-electron chi connectivity index (χ4n) is 1.85. The summed E-state index contributed by atoms with van der Waals surface area (Å²) in [4.78, 5) is 4.21. The topological polar surface area (TPSA) is 74.2 Å². The summed E-state index contributed by atoms with van der Waals surface area (Å²) in [6.07, 6.45) is 2.56. The van der Waals surface area contributed by atoms with Gasteiger partial charge in [0.2, 0.25) is 11.7 Å². The average molecular weight is 275 g/mol. The molecule has 0 aliphatic heterocycles. The molecule has 0 fully saturated rings. The van der Waals surface area contributed by atoms with E-state index in [1.54, 1.807) is 0 Å². The Morgan fingerprint density at radius 3 is 2.90 bits per heavy atom. The van der Waals surface area contributed by atoms with Crippen LogP contribution < -0.4 is 10.5 Å². The Bertz CT molecular complexity index is 539. The summed E-state index contributed by atoms with van der Waals surface area (Å²) in [5, 5.41) is 3.86. The molecule has 0 aliphatic carbocycles. The highest BCUT2D eigenvalue weighted by atomic mass is 16.5. The highest BCUT2D eigenvalue weighted by molar-refractivity contribution is 5.29. The maximum absolute atomic E-state index is 5.96. The van der Waals surface area contributed by atoms with E-state index < -0.39 is 0 Å². The Kier molecular flexibility index (Phi) is 5.12. The second-order valence-electron chi connectivity index (χ2n) is 4.77. The molecule has 2 N–H and O–H groups in total. The van der Waals surface area contributed by atoms with Crippen LogP contribution in [0.25, 0.3) is 0 Å². The molecule has 0 radical (unpaired) electrons. The fourth-order valence-corrected chi connectivity index (χ4v) is 1.85. The summed E-state index contributed by atoms with van der Waals surface area (Å²) >= 11 is 0. The van der Waals surface area contributed by atoms with E-state index in [1.807, 2.05) is 25.1 Å². The maximum atomic E-state index is 5.96. The van der Waals surface area contributed by atoms with Gasteiger partial charge in [0, 0.05) is 12.5 Å². The van der Waals surface area contributed by atoms with Gasteiger partial charge in [-0.1, -0.05) is 31.1 Å². The normalized spacial score (nSPS) is 12.3. The number of ether oxygens (including phenoxy) is 1. The molecule has 5 nitrogen and oxygen atoms in total. The number of nitrogens with two attached hydrogens (primary N) is 1. The second-order valence-corrected chi connectivity index (χ2v) is 4.77. The minimum absolute atomic E-state index is 0.189. The lowest BCUT2D eigenvalue weighted by Crippen LogP contribution is -2.21. The summed E-state index contributed by atoms with van der Waals surface area (Å²) in [6, 6.07) is 8.15. The van der Waals surface area contributed by atoms with Gasteiger partial charge >= 0.3 is 0 Å². The second kappa shape index (κ2) is 7.05.